The van der Waals surface area contributed by atoms with Crippen molar-refractivity contribution >= 4 is 15.9 Å². The summed E-state index contributed by atoms with van der Waals surface area (Å²) in [4.78, 5) is 18.0. The first-order valence-electron chi connectivity index (χ1n) is 12.5. The Hall–Kier alpha value is -1.44. The number of amides is 1. The van der Waals surface area contributed by atoms with Crippen LogP contribution in [0, 0.1) is 11.8 Å². The number of sulfonamides is 1. The summed E-state index contributed by atoms with van der Waals surface area (Å²) in [6, 6.07) is 6.64. The van der Waals surface area contributed by atoms with Crippen LogP contribution in [0.1, 0.15) is 69.2 Å². The van der Waals surface area contributed by atoms with E-state index in [2.05, 4.69) is 11.8 Å². The molecule has 178 valence electrons. The normalized spacial score (nSPS) is 26.9. The van der Waals surface area contributed by atoms with Gasteiger partial charge in [-0.3, -0.25) is 4.79 Å². The Morgan fingerprint density at radius 2 is 1.62 bits per heavy atom. The zero-order chi connectivity index (χ0) is 22.7. The summed E-state index contributed by atoms with van der Waals surface area (Å²) in [6.45, 7) is 9.92. The number of carbonyl (C=O) groups is 1. The molecule has 32 heavy (non-hydrogen) atoms. The number of hydrogen-bond donors (Lipinski definition) is 0. The van der Waals surface area contributed by atoms with E-state index in [0.717, 1.165) is 51.2 Å². The van der Waals surface area contributed by atoms with E-state index in [1.54, 1.807) is 28.6 Å². The molecule has 3 aliphatic heterocycles. The van der Waals surface area contributed by atoms with E-state index in [-0.39, 0.29) is 11.9 Å². The molecule has 2 atom stereocenters. The lowest BCUT2D eigenvalue weighted by Crippen LogP contribution is -2.45. The third kappa shape index (κ3) is 5.37. The molecule has 4 rings (SSSR count). The molecule has 0 aromatic heterocycles. The standard InChI is InChI=1S/C25H39N3O3S/c1-20-12-16-26(17-13-20)18-22-7-5-14-27(19-22)25(29)23-8-10-24(11-9-23)32(30,31)28-15-4-3-6-21(28)2/h8-11,20-22H,3-7,12-19H2,1-2H3/t21-,22-/m0/s1. The van der Waals surface area contributed by atoms with Gasteiger partial charge in [0.25, 0.3) is 5.91 Å². The van der Waals surface area contributed by atoms with Crippen molar-refractivity contribution in [3.63, 3.8) is 0 Å². The summed E-state index contributed by atoms with van der Waals surface area (Å²) in [5.41, 5.74) is 0.586. The predicted molar refractivity (Wildman–Crippen MR) is 127 cm³/mol. The van der Waals surface area contributed by atoms with Gasteiger partial charge in [0.2, 0.25) is 10.0 Å². The van der Waals surface area contributed by atoms with Crippen LogP contribution in [0.25, 0.3) is 0 Å². The molecule has 0 radical (unpaired) electrons. The number of hydrogen-bond acceptors (Lipinski definition) is 4. The Balaban J connectivity index is 1.37. The zero-order valence-corrected chi connectivity index (χ0v) is 20.5. The Morgan fingerprint density at radius 3 is 2.31 bits per heavy atom. The lowest BCUT2D eigenvalue weighted by atomic mass is 9.94. The fourth-order valence-electron chi connectivity index (χ4n) is 5.52. The van der Waals surface area contributed by atoms with Crippen molar-refractivity contribution in [1.29, 1.82) is 0 Å². The van der Waals surface area contributed by atoms with Gasteiger partial charge in [-0.1, -0.05) is 13.3 Å². The minimum atomic E-state index is -3.50. The van der Waals surface area contributed by atoms with Crippen LogP contribution in [0.15, 0.2) is 29.2 Å². The van der Waals surface area contributed by atoms with Crippen LogP contribution >= 0.6 is 0 Å². The molecule has 3 aliphatic rings. The van der Waals surface area contributed by atoms with Crippen molar-refractivity contribution in [3.05, 3.63) is 29.8 Å². The Morgan fingerprint density at radius 1 is 0.906 bits per heavy atom. The van der Waals surface area contributed by atoms with Crippen LogP contribution in [0.4, 0.5) is 0 Å². The van der Waals surface area contributed by atoms with Gasteiger partial charge >= 0.3 is 0 Å². The molecule has 0 unspecified atom stereocenters. The second-order valence-corrected chi connectivity index (χ2v) is 12.1. The van der Waals surface area contributed by atoms with Crippen LogP contribution in [0.2, 0.25) is 0 Å². The first-order chi connectivity index (χ1) is 15.3. The molecule has 0 N–H and O–H groups in total. The fraction of sp³-hybridized carbons (Fsp3) is 0.720. The average molecular weight is 462 g/mol. The van der Waals surface area contributed by atoms with Gasteiger partial charge in [0.15, 0.2) is 0 Å². The molecule has 1 aromatic rings. The van der Waals surface area contributed by atoms with E-state index in [9.17, 15) is 13.2 Å². The average Bonchev–Trinajstić information content (AvgIpc) is 2.80. The third-order valence-corrected chi connectivity index (χ3v) is 9.68. The van der Waals surface area contributed by atoms with Gasteiger partial charge < -0.3 is 9.80 Å². The van der Waals surface area contributed by atoms with Crippen molar-refractivity contribution in [2.75, 3.05) is 39.3 Å². The smallest absolute Gasteiger partial charge is 0.253 e. The SMILES string of the molecule is CC1CCN(C[C@@H]2CCCN(C(=O)c3ccc(S(=O)(=O)N4CCCC[C@@H]4C)cc3)C2)CC1. The maximum Gasteiger partial charge on any atom is 0.253 e. The molecule has 3 heterocycles. The van der Waals surface area contributed by atoms with E-state index in [1.165, 1.54) is 32.4 Å². The van der Waals surface area contributed by atoms with Gasteiger partial charge in [-0.25, -0.2) is 8.42 Å². The van der Waals surface area contributed by atoms with E-state index in [1.807, 2.05) is 11.8 Å². The van der Waals surface area contributed by atoms with Crippen LogP contribution < -0.4 is 0 Å². The molecule has 3 fully saturated rings. The minimum Gasteiger partial charge on any atom is -0.338 e. The van der Waals surface area contributed by atoms with Crippen molar-refractivity contribution in [1.82, 2.24) is 14.1 Å². The van der Waals surface area contributed by atoms with Gasteiger partial charge in [-0.15, -0.1) is 0 Å². The van der Waals surface area contributed by atoms with Gasteiger partial charge in [0.1, 0.15) is 0 Å². The molecule has 0 bridgehead atoms. The van der Waals surface area contributed by atoms with Crippen molar-refractivity contribution in [3.8, 4) is 0 Å². The fourth-order valence-corrected chi connectivity index (χ4v) is 7.22. The molecule has 7 heteroatoms. The van der Waals surface area contributed by atoms with E-state index in [4.69, 9.17) is 0 Å². The first-order valence-corrected chi connectivity index (χ1v) is 13.9. The number of likely N-dealkylation sites (tertiary alicyclic amines) is 2. The molecular weight excluding hydrogens is 422 g/mol. The topological polar surface area (TPSA) is 60.9 Å². The van der Waals surface area contributed by atoms with Crippen molar-refractivity contribution in [2.24, 2.45) is 11.8 Å². The number of benzene rings is 1. The lowest BCUT2D eigenvalue weighted by molar-refractivity contribution is 0.0622. The summed E-state index contributed by atoms with van der Waals surface area (Å²) < 4.78 is 27.7. The highest BCUT2D eigenvalue weighted by Gasteiger charge is 2.31. The molecular formula is C25H39N3O3S. The molecule has 0 spiro atoms. The monoisotopic (exact) mass is 461 g/mol. The highest BCUT2D eigenvalue weighted by Crippen LogP contribution is 2.26. The first kappa shape index (κ1) is 23.7. The quantitative estimate of drug-likeness (QED) is 0.669. The Labute approximate surface area is 194 Å². The van der Waals surface area contributed by atoms with Crippen LogP contribution in [0.5, 0.6) is 0 Å². The molecule has 3 saturated heterocycles. The van der Waals surface area contributed by atoms with Gasteiger partial charge in [-0.2, -0.15) is 4.31 Å². The van der Waals surface area contributed by atoms with Gasteiger partial charge in [-0.05, 0) is 94.6 Å². The third-order valence-electron chi connectivity index (χ3n) is 7.65. The van der Waals surface area contributed by atoms with Crippen LogP contribution in [-0.4, -0.2) is 73.7 Å². The van der Waals surface area contributed by atoms with E-state index >= 15 is 0 Å². The molecule has 1 aromatic carbocycles. The number of piperidine rings is 3. The molecule has 0 aliphatic carbocycles. The Kier molecular flexibility index (Phi) is 7.58. The highest BCUT2D eigenvalue weighted by atomic mass is 32.2. The van der Waals surface area contributed by atoms with Crippen LogP contribution in [0.3, 0.4) is 0 Å². The highest BCUT2D eigenvalue weighted by molar-refractivity contribution is 7.89. The minimum absolute atomic E-state index is 0.0252. The summed E-state index contributed by atoms with van der Waals surface area (Å²) >= 11 is 0. The predicted octanol–water partition coefficient (Wildman–Crippen LogP) is 3.83. The maximum absolute atomic E-state index is 13.1. The Bertz CT molecular complexity index is 878. The van der Waals surface area contributed by atoms with E-state index in [0.29, 0.717) is 22.9 Å². The van der Waals surface area contributed by atoms with Gasteiger partial charge in [0, 0.05) is 37.8 Å². The lowest BCUT2D eigenvalue weighted by Gasteiger charge is -2.38. The van der Waals surface area contributed by atoms with Crippen molar-refractivity contribution < 1.29 is 13.2 Å². The summed E-state index contributed by atoms with van der Waals surface area (Å²) in [7, 11) is -3.50. The number of nitrogens with zero attached hydrogens (tertiary/aromatic N) is 3. The maximum atomic E-state index is 13.1. The van der Waals surface area contributed by atoms with E-state index < -0.39 is 10.0 Å². The molecule has 0 saturated carbocycles. The largest absolute Gasteiger partial charge is 0.338 e. The zero-order valence-electron chi connectivity index (χ0n) is 19.7. The second kappa shape index (κ2) is 10.2. The molecule has 6 nitrogen and oxygen atoms in total. The van der Waals surface area contributed by atoms with Crippen molar-refractivity contribution in [2.45, 2.75) is 69.7 Å². The van der Waals surface area contributed by atoms with Gasteiger partial charge in [0.05, 0.1) is 4.90 Å². The number of carbonyl (C=O) groups excluding carboxylic acids is 1. The van der Waals surface area contributed by atoms with Crippen LogP contribution in [-0.2, 0) is 10.0 Å². The number of rotatable bonds is 5. The molecule has 1 amide bonds. The summed E-state index contributed by atoms with van der Waals surface area (Å²) in [6.07, 6.45) is 7.67. The summed E-state index contributed by atoms with van der Waals surface area (Å²) in [5, 5.41) is 0. The second-order valence-electron chi connectivity index (χ2n) is 10.2. The summed E-state index contributed by atoms with van der Waals surface area (Å²) in [5.74, 6) is 1.39.